The Kier molecular flexibility index (Phi) is 4.72. The van der Waals surface area contributed by atoms with Gasteiger partial charge >= 0.3 is 5.69 Å². The molecule has 0 atom stereocenters. The minimum absolute atomic E-state index is 0.0330. The van der Waals surface area contributed by atoms with Crippen molar-refractivity contribution in [3.05, 3.63) is 53.0 Å². The summed E-state index contributed by atoms with van der Waals surface area (Å²) in [5, 5.41) is 0.887. The Morgan fingerprint density at radius 2 is 1.81 bits per heavy atom. The lowest BCUT2D eigenvalue weighted by Crippen LogP contribution is -2.37. The lowest BCUT2D eigenvalue weighted by atomic mass is 10.0. The Morgan fingerprint density at radius 3 is 2.55 bits per heavy atom. The van der Waals surface area contributed by atoms with Crippen molar-refractivity contribution in [1.29, 1.82) is 0 Å². The molecular formula is C22H22FN5O3. The normalized spacial score (nSPS) is 15.0. The van der Waals surface area contributed by atoms with Gasteiger partial charge in [0.2, 0.25) is 0 Å². The number of ether oxygens (including phenoxy) is 2. The van der Waals surface area contributed by atoms with Crippen molar-refractivity contribution in [2.24, 2.45) is 0 Å². The van der Waals surface area contributed by atoms with Gasteiger partial charge in [-0.05, 0) is 37.1 Å². The minimum atomic E-state index is -0.363. The molecule has 31 heavy (non-hydrogen) atoms. The van der Waals surface area contributed by atoms with E-state index in [0.29, 0.717) is 17.0 Å². The molecule has 0 aliphatic carbocycles. The molecule has 160 valence electrons. The van der Waals surface area contributed by atoms with E-state index >= 15 is 0 Å². The Hall–Kier alpha value is -3.62. The molecule has 4 aromatic rings. The Bertz CT molecular complexity index is 1320. The number of nitrogens with zero attached hydrogens (tertiary/aromatic N) is 4. The van der Waals surface area contributed by atoms with Gasteiger partial charge in [-0.3, -0.25) is 4.57 Å². The molecule has 9 heteroatoms. The van der Waals surface area contributed by atoms with Crippen molar-refractivity contribution in [3.8, 4) is 11.5 Å². The van der Waals surface area contributed by atoms with Crippen molar-refractivity contribution in [1.82, 2.24) is 19.5 Å². The van der Waals surface area contributed by atoms with Crippen molar-refractivity contribution in [2.75, 3.05) is 32.2 Å². The Labute approximate surface area is 177 Å². The molecule has 2 aromatic carbocycles. The first-order valence-electron chi connectivity index (χ1n) is 10.1. The quantitative estimate of drug-likeness (QED) is 0.542. The van der Waals surface area contributed by atoms with E-state index < -0.39 is 0 Å². The van der Waals surface area contributed by atoms with Gasteiger partial charge < -0.3 is 19.4 Å². The first kappa shape index (κ1) is 19.3. The number of imidazole rings is 1. The molecule has 1 saturated heterocycles. The molecule has 0 amide bonds. The maximum Gasteiger partial charge on any atom is 0.326 e. The van der Waals surface area contributed by atoms with E-state index in [2.05, 4.69) is 19.9 Å². The molecule has 1 fully saturated rings. The minimum Gasteiger partial charge on any atom is -0.493 e. The number of aromatic nitrogens is 4. The third-order valence-corrected chi connectivity index (χ3v) is 5.93. The maximum absolute atomic E-state index is 13.5. The number of anilines is 1. The van der Waals surface area contributed by atoms with E-state index in [1.54, 1.807) is 31.2 Å². The van der Waals surface area contributed by atoms with Crippen molar-refractivity contribution < 1.29 is 13.9 Å². The molecule has 0 saturated carbocycles. The smallest absolute Gasteiger partial charge is 0.326 e. The van der Waals surface area contributed by atoms with Gasteiger partial charge in [0, 0.05) is 30.6 Å². The predicted molar refractivity (Wildman–Crippen MR) is 116 cm³/mol. The second-order valence-corrected chi connectivity index (χ2v) is 7.60. The number of halogens is 1. The lowest BCUT2D eigenvalue weighted by Gasteiger charge is -2.33. The van der Waals surface area contributed by atoms with Crippen LogP contribution in [0.5, 0.6) is 11.5 Å². The van der Waals surface area contributed by atoms with Gasteiger partial charge in [0.15, 0.2) is 11.5 Å². The van der Waals surface area contributed by atoms with Crippen LogP contribution in [0.25, 0.3) is 21.9 Å². The van der Waals surface area contributed by atoms with E-state index in [0.717, 1.165) is 48.2 Å². The summed E-state index contributed by atoms with van der Waals surface area (Å²) in [6, 6.07) is 8.18. The second-order valence-electron chi connectivity index (χ2n) is 7.60. The summed E-state index contributed by atoms with van der Waals surface area (Å²) in [5.41, 5.74) is 1.83. The highest BCUT2D eigenvalue weighted by Crippen LogP contribution is 2.36. The van der Waals surface area contributed by atoms with E-state index in [9.17, 15) is 9.18 Å². The summed E-state index contributed by atoms with van der Waals surface area (Å²) in [5.74, 6) is 1.71. The molecule has 2 aromatic heterocycles. The van der Waals surface area contributed by atoms with E-state index in [1.807, 2.05) is 12.1 Å². The summed E-state index contributed by atoms with van der Waals surface area (Å²) in [7, 11) is 3.20. The highest BCUT2D eigenvalue weighted by atomic mass is 19.1. The van der Waals surface area contributed by atoms with Crippen LogP contribution in [0.1, 0.15) is 18.9 Å². The van der Waals surface area contributed by atoms with Crippen LogP contribution in [-0.2, 0) is 0 Å². The van der Waals surface area contributed by atoms with Gasteiger partial charge in [-0.25, -0.2) is 19.2 Å². The van der Waals surface area contributed by atoms with Gasteiger partial charge in [-0.1, -0.05) is 0 Å². The average Bonchev–Trinajstić information content (AvgIpc) is 3.12. The van der Waals surface area contributed by atoms with Gasteiger partial charge in [0.1, 0.15) is 18.0 Å². The molecule has 0 spiro atoms. The van der Waals surface area contributed by atoms with E-state index in [-0.39, 0.29) is 17.5 Å². The van der Waals surface area contributed by atoms with Crippen LogP contribution in [0, 0.1) is 5.82 Å². The topological polar surface area (TPSA) is 85.3 Å². The predicted octanol–water partition coefficient (Wildman–Crippen LogP) is 3.27. The maximum atomic E-state index is 13.5. The highest BCUT2D eigenvalue weighted by Gasteiger charge is 2.26. The lowest BCUT2D eigenvalue weighted by molar-refractivity contribution is 0.355. The van der Waals surface area contributed by atoms with Crippen LogP contribution in [0.2, 0.25) is 0 Å². The Balaban J connectivity index is 1.44. The molecular weight excluding hydrogens is 401 g/mol. The van der Waals surface area contributed by atoms with Crippen LogP contribution < -0.4 is 20.1 Å². The zero-order chi connectivity index (χ0) is 21.5. The van der Waals surface area contributed by atoms with Gasteiger partial charge in [-0.2, -0.15) is 0 Å². The largest absolute Gasteiger partial charge is 0.493 e. The number of nitrogens with one attached hydrogen (secondary N) is 1. The number of aromatic amines is 1. The molecule has 5 rings (SSSR count). The van der Waals surface area contributed by atoms with Crippen molar-refractivity contribution in [2.45, 2.75) is 18.9 Å². The number of hydrogen-bond donors (Lipinski definition) is 1. The standard InChI is InChI=1S/C22H22FN5O3/c1-30-19-10-15-16(11-20(19)31-2)24-12-25-21(15)27-7-5-14(6-8-27)28-18-4-3-13(23)9-17(18)26-22(28)29/h3-4,9-12,14H,5-8H2,1-2H3,(H,26,29). The number of piperidine rings is 1. The number of fused-ring (bicyclic) bond motifs is 2. The molecule has 0 unspecified atom stereocenters. The summed E-state index contributed by atoms with van der Waals surface area (Å²) in [6.45, 7) is 1.46. The molecule has 1 N–H and O–H groups in total. The highest BCUT2D eigenvalue weighted by molar-refractivity contribution is 5.92. The molecule has 3 heterocycles. The summed E-state index contributed by atoms with van der Waals surface area (Å²) >= 11 is 0. The summed E-state index contributed by atoms with van der Waals surface area (Å²) in [4.78, 5) is 26.4. The first-order valence-corrected chi connectivity index (χ1v) is 10.1. The summed E-state index contributed by atoms with van der Waals surface area (Å²) < 4.78 is 26.1. The van der Waals surface area contributed by atoms with Crippen LogP contribution >= 0.6 is 0 Å². The zero-order valence-electron chi connectivity index (χ0n) is 17.3. The molecule has 1 aliphatic heterocycles. The molecule has 8 nitrogen and oxygen atoms in total. The van der Waals surface area contributed by atoms with Crippen LogP contribution in [-0.4, -0.2) is 46.8 Å². The fraction of sp³-hybridized carbons (Fsp3) is 0.318. The third kappa shape index (κ3) is 3.26. The fourth-order valence-electron chi connectivity index (χ4n) is 4.42. The Morgan fingerprint density at radius 1 is 1.06 bits per heavy atom. The van der Waals surface area contributed by atoms with Crippen molar-refractivity contribution in [3.63, 3.8) is 0 Å². The second kappa shape index (κ2) is 7.57. The van der Waals surface area contributed by atoms with Crippen LogP contribution in [0.4, 0.5) is 10.2 Å². The van der Waals surface area contributed by atoms with Gasteiger partial charge in [0.05, 0.1) is 30.8 Å². The van der Waals surface area contributed by atoms with Crippen LogP contribution in [0.15, 0.2) is 41.5 Å². The first-order chi connectivity index (χ1) is 15.1. The monoisotopic (exact) mass is 423 g/mol. The fourth-order valence-corrected chi connectivity index (χ4v) is 4.42. The average molecular weight is 423 g/mol. The number of benzene rings is 2. The number of rotatable bonds is 4. The summed E-state index contributed by atoms with van der Waals surface area (Å²) in [6.07, 6.45) is 3.08. The molecule has 0 bridgehead atoms. The van der Waals surface area contributed by atoms with Gasteiger partial charge in [0.25, 0.3) is 0 Å². The van der Waals surface area contributed by atoms with E-state index in [4.69, 9.17) is 9.47 Å². The van der Waals surface area contributed by atoms with Gasteiger partial charge in [-0.15, -0.1) is 0 Å². The molecule has 1 aliphatic rings. The molecule has 0 radical (unpaired) electrons. The van der Waals surface area contributed by atoms with E-state index in [1.165, 1.54) is 12.1 Å². The van der Waals surface area contributed by atoms with Crippen LogP contribution in [0.3, 0.4) is 0 Å². The zero-order valence-corrected chi connectivity index (χ0v) is 17.3. The number of hydrogen-bond acceptors (Lipinski definition) is 6. The van der Waals surface area contributed by atoms with Crippen molar-refractivity contribution >= 4 is 27.8 Å². The number of methoxy groups -OCH3 is 2. The third-order valence-electron chi connectivity index (χ3n) is 5.93. The number of H-pyrrole nitrogens is 1. The SMILES string of the molecule is COc1cc2ncnc(N3CCC(n4c(=O)[nH]c5cc(F)ccc54)CC3)c2cc1OC.